The topological polar surface area (TPSA) is 24.5 Å². The molecule has 0 bridgehead atoms. The molecule has 2 heterocycles. The standard InChI is InChI=1S/C15H30N2O/c1-5-15(6-2)11-17(13(3)10-16-15)14(4)8-7-9-18-12-14/h13,16H,5-12H2,1-4H3. The van der Waals surface area contributed by atoms with E-state index in [9.17, 15) is 0 Å². The van der Waals surface area contributed by atoms with Gasteiger partial charge >= 0.3 is 0 Å². The zero-order valence-electron chi connectivity index (χ0n) is 12.6. The molecule has 2 unspecified atom stereocenters. The lowest BCUT2D eigenvalue weighted by Gasteiger charge is -2.54. The summed E-state index contributed by atoms with van der Waals surface area (Å²) in [7, 11) is 0. The molecule has 3 heteroatoms. The number of nitrogens with one attached hydrogen (secondary N) is 1. The Morgan fingerprint density at radius 3 is 2.61 bits per heavy atom. The van der Waals surface area contributed by atoms with Gasteiger partial charge in [-0.1, -0.05) is 13.8 Å². The maximum atomic E-state index is 5.76. The third-order valence-electron chi connectivity index (χ3n) is 5.24. The summed E-state index contributed by atoms with van der Waals surface area (Å²) in [5, 5.41) is 3.79. The van der Waals surface area contributed by atoms with Crippen LogP contribution in [0.5, 0.6) is 0 Å². The monoisotopic (exact) mass is 254 g/mol. The molecule has 0 radical (unpaired) electrons. The highest BCUT2D eigenvalue weighted by molar-refractivity contribution is 5.02. The molecule has 2 aliphatic heterocycles. The van der Waals surface area contributed by atoms with Gasteiger partial charge in [-0.25, -0.2) is 0 Å². The van der Waals surface area contributed by atoms with Gasteiger partial charge in [0, 0.05) is 36.8 Å². The van der Waals surface area contributed by atoms with Gasteiger partial charge in [0.05, 0.1) is 6.61 Å². The molecule has 2 rings (SSSR count). The van der Waals surface area contributed by atoms with Crippen molar-refractivity contribution in [1.82, 2.24) is 10.2 Å². The van der Waals surface area contributed by atoms with Gasteiger partial charge in [0.1, 0.15) is 0 Å². The van der Waals surface area contributed by atoms with Crippen LogP contribution < -0.4 is 5.32 Å². The van der Waals surface area contributed by atoms with E-state index in [0.29, 0.717) is 11.6 Å². The predicted molar refractivity (Wildman–Crippen MR) is 75.9 cm³/mol. The molecule has 0 aromatic carbocycles. The third kappa shape index (κ3) is 2.59. The van der Waals surface area contributed by atoms with E-state index in [1.54, 1.807) is 0 Å². The van der Waals surface area contributed by atoms with Crippen LogP contribution >= 0.6 is 0 Å². The van der Waals surface area contributed by atoms with Gasteiger partial charge in [0.15, 0.2) is 0 Å². The SMILES string of the molecule is CCC1(CC)CN(C2(C)CCCOC2)C(C)CN1. The van der Waals surface area contributed by atoms with Gasteiger partial charge in [-0.05, 0) is 39.5 Å². The fourth-order valence-corrected chi connectivity index (χ4v) is 3.60. The molecule has 0 amide bonds. The minimum Gasteiger partial charge on any atom is -0.380 e. The summed E-state index contributed by atoms with van der Waals surface area (Å²) in [6.45, 7) is 13.5. The molecule has 0 aliphatic carbocycles. The summed E-state index contributed by atoms with van der Waals surface area (Å²) in [6.07, 6.45) is 4.91. The Morgan fingerprint density at radius 2 is 2.06 bits per heavy atom. The van der Waals surface area contributed by atoms with E-state index >= 15 is 0 Å². The maximum Gasteiger partial charge on any atom is 0.0647 e. The first-order valence-electron chi connectivity index (χ1n) is 7.65. The third-order valence-corrected chi connectivity index (χ3v) is 5.24. The molecule has 0 spiro atoms. The van der Waals surface area contributed by atoms with Crippen LogP contribution in [0.2, 0.25) is 0 Å². The quantitative estimate of drug-likeness (QED) is 0.837. The number of nitrogens with zero attached hydrogens (tertiary/aromatic N) is 1. The first-order valence-corrected chi connectivity index (χ1v) is 7.65. The van der Waals surface area contributed by atoms with Crippen LogP contribution in [0.1, 0.15) is 53.4 Å². The lowest BCUT2D eigenvalue weighted by atomic mass is 9.83. The van der Waals surface area contributed by atoms with Crippen molar-refractivity contribution in [2.75, 3.05) is 26.3 Å². The molecule has 0 aromatic rings. The molecule has 1 N–H and O–H groups in total. The number of hydrogen-bond acceptors (Lipinski definition) is 3. The second kappa shape index (κ2) is 5.48. The largest absolute Gasteiger partial charge is 0.380 e. The first-order chi connectivity index (χ1) is 8.55. The van der Waals surface area contributed by atoms with E-state index in [0.717, 1.165) is 19.8 Å². The molecule has 106 valence electrons. The fourth-order valence-electron chi connectivity index (χ4n) is 3.60. The second-order valence-electron chi connectivity index (χ2n) is 6.50. The normalized spacial score (nSPS) is 37.7. The average molecular weight is 254 g/mol. The van der Waals surface area contributed by atoms with E-state index in [-0.39, 0.29) is 5.54 Å². The van der Waals surface area contributed by atoms with Gasteiger partial charge in [0.25, 0.3) is 0 Å². The zero-order chi connectivity index (χ0) is 13.2. The highest BCUT2D eigenvalue weighted by Crippen LogP contribution is 2.33. The van der Waals surface area contributed by atoms with Gasteiger partial charge in [-0.15, -0.1) is 0 Å². The Kier molecular flexibility index (Phi) is 4.35. The van der Waals surface area contributed by atoms with Crippen LogP contribution in [0.15, 0.2) is 0 Å². The molecule has 0 saturated carbocycles. The van der Waals surface area contributed by atoms with Crippen LogP contribution in [0.3, 0.4) is 0 Å². The summed E-state index contributed by atoms with van der Waals surface area (Å²) in [6, 6.07) is 0.614. The van der Waals surface area contributed by atoms with Gasteiger partial charge < -0.3 is 10.1 Å². The van der Waals surface area contributed by atoms with E-state index < -0.39 is 0 Å². The number of hydrogen-bond donors (Lipinski definition) is 1. The second-order valence-corrected chi connectivity index (χ2v) is 6.50. The number of ether oxygens (including phenoxy) is 1. The lowest BCUT2D eigenvalue weighted by Crippen LogP contribution is -2.69. The zero-order valence-corrected chi connectivity index (χ0v) is 12.6. The minimum absolute atomic E-state index is 0.245. The average Bonchev–Trinajstić information content (AvgIpc) is 2.40. The van der Waals surface area contributed by atoms with Crippen LogP contribution in [0, 0.1) is 0 Å². The molecule has 0 aromatic heterocycles. The van der Waals surface area contributed by atoms with E-state index in [1.807, 2.05) is 0 Å². The van der Waals surface area contributed by atoms with Gasteiger partial charge in [-0.2, -0.15) is 0 Å². The van der Waals surface area contributed by atoms with Crippen LogP contribution in [-0.4, -0.2) is 48.3 Å². The van der Waals surface area contributed by atoms with E-state index in [1.165, 1.54) is 32.2 Å². The molecular formula is C15H30N2O. The molecule has 3 nitrogen and oxygen atoms in total. The first kappa shape index (κ1) is 14.3. The van der Waals surface area contributed by atoms with Crippen molar-refractivity contribution >= 4 is 0 Å². The molecule has 18 heavy (non-hydrogen) atoms. The van der Waals surface area contributed by atoms with Crippen molar-refractivity contribution in [3.63, 3.8) is 0 Å². The molecular weight excluding hydrogens is 224 g/mol. The van der Waals surface area contributed by atoms with Crippen LogP contribution in [0.25, 0.3) is 0 Å². The van der Waals surface area contributed by atoms with Gasteiger partial charge in [-0.3, -0.25) is 4.90 Å². The Balaban J connectivity index is 2.14. The molecule has 2 saturated heterocycles. The molecule has 2 atom stereocenters. The molecule has 2 fully saturated rings. The highest BCUT2D eigenvalue weighted by atomic mass is 16.5. The van der Waals surface area contributed by atoms with Gasteiger partial charge in [0.2, 0.25) is 0 Å². The Bertz CT molecular complexity index is 270. The van der Waals surface area contributed by atoms with Crippen molar-refractivity contribution in [3.05, 3.63) is 0 Å². The smallest absolute Gasteiger partial charge is 0.0647 e. The Hall–Kier alpha value is -0.120. The molecule has 2 aliphatic rings. The summed E-state index contributed by atoms with van der Waals surface area (Å²) in [5.74, 6) is 0. The Labute approximate surface area is 112 Å². The van der Waals surface area contributed by atoms with Crippen LogP contribution in [-0.2, 0) is 4.74 Å². The summed E-state index contributed by atoms with van der Waals surface area (Å²) in [5.41, 5.74) is 0.558. The van der Waals surface area contributed by atoms with Crippen molar-refractivity contribution in [2.45, 2.75) is 70.5 Å². The van der Waals surface area contributed by atoms with E-state index in [2.05, 4.69) is 37.9 Å². The van der Waals surface area contributed by atoms with Crippen LogP contribution in [0.4, 0.5) is 0 Å². The minimum atomic E-state index is 0.245. The predicted octanol–water partition coefficient (Wildman–Crippen LogP) is 2.41. The highest BCUT2D eigenvalue weighted by Gasteiger charge is 2.44. The lowest BCUT2D eigenvalue weighted by molar-refractivity contribution is -0.0809. The Morgan fingerprint density at radius 1 is 1.33 bits per heavy atom. The van der Waals surface area contributed by atoms with Crippen molar-refractivity contribution < 1.29 is 4.74 Å². The summed E-state index contributed by atoms with van der Waals surface area (Å²) < 4.78 is 5.76. The van der Waals surface area contributed by atoms with Crippen molar-refractivity contribution in [2.24, 2.45) is 0 Å². The summed E-state index contributed by atoms with van der Waals surface area (Å²) >= 11 is 0. The van der Waals surface area contributed by atoms with Crippen molar-refractivity contribution in [3.8, 4) is 0 Å². The van der Waals surface area contributed by atoms with Crippen molar-refractivity contribution in [1.29, 1.82) is 0 Å². The van der Waals surface area contributed by atoms with E-state index in [4.69, 9.17) is 4.74 Å². The number of rotatable bonds is 3. The fraction of sp³-hybridized carbons (Fsp3) is 1.00. The summed E-state index contributed by atoms with van der Waals surface area (Å²) in [4.78, 5) is 2.72. The number of piperazine rings is 1. The maximum absolute atomic E-state index is 5.76.